The van der Waals surface area contributed by atoms with Crippen molar-refractivity contribution in [3.05, 3.63) is 141 Å². The molecule has 1 atom stereocenters. The van der Waals surface area contributed by atoms with Crippen molar-refractivity contribution in [2.75, 3.05) is 7.05 Å². The number of amides is 4. The van der Waals surface area contributed by atoms with E-state index < -0.39 is 29.4 Å². The van der Waals surface area contributed by atoms with Crippen molar-refractivity contribution in [3.8, 4) is 0 Å². The van der Waals surface area contributed by atoms with Crippen molar-refractivity contribution in [2.45, 2.75) is 44.6 Å². The fraction of sp³-hybridized carbons (Fsp3) is 0.216. The largest absolute Gasteiger partial charge is 0.289 e. The zero-order chi connectivity index (χ0) is 31.1. The third-order valence-electron chi connectivity index (χ3n) is 9.54. The fourth-order valence-electron chi connectivity index (χ4n) is 7.33. The maximum Gasteiger partial charge on any atom is 0.261 e. The van der Waals surface area contributed by atoms with Crippen molar-refractivity contribution in [1.29, 1.82) is 0 Å². The quantitative estimate of drug-likeness (QED) is 0.215. The Labute approximate surface area is 255 Å². The zero-order valence-electron chi connectivity index (χ0n) is 24.9. The Balaban J connectivity index is 1.15. The van der Waals surface area contributed by atoms with Gasteiger partial charge >= 0.3 is 0 Å². The van der Waals surface area contributed by atoms with Crippen molar-refractivity contribution >= 4 is 29.4 Å². The molecule has 0 N–H and O–H groups in total. The van der Waals surface area contributed by atoms with Crippen LogP contribution in [0, 0.1) is 0 Å². The standard InChI is InChI=1S/C37H30N2O5/c1-36(2)20-37(3,30-11-6-5-10-29(30)36)24-9-7-8-21(16-24)19-39-34(43)26-15-13-23(18-28(26)35(39)44)31(40)22-12-14-25-27(17-22)33(42)38(4)32(25)41/h5-18H,19-20H2,1-4H3. The molecular formula is C37H30N2O5. The first-order valence-corrected chi connectivity index (χ1v) is 14.6. The predicted molar refractivity (Wildman–Crippen MR) is 164 cm³/mol. The topological polar surface area (TPSA) is 91.8 Å². The molecule has 0 spiro atoms. The van der Waals surface area contributed by atoms with Crippen molar-refractivity contribution in [2.24, 2.45) is 0 Å². The van der Waals surface area contributed by atoms with Crippen LogP contribution in [0.15, 0.2) is 84.9 Å². The SMILES string of the molecule is CN1C(=O)c2ccc(C(=O)c3ccc4c(c3)C(=O)N(Cc3cccc(C5(C)CC(C)(C)c6ccccc65)c3)C4=O)cc2C1=O. The summed E-state index contributed by atoms with van der Waals surface area (Å²) in [6.07, 6.45) is 0.942. The van der Waals surface area contributed by atoms with Crippen molar-refractivity contribution in [1.82, 2.24) is 9.80 Å². The minimum absolute atomic E-state index is 0.0160. The lowest BCUT2D eigenvalue weighted by atomic mass is 9.74. The van der Waals surface area contributed by atoms with E-state index >= 15 is 0 Å². The minimum Gasteiger partial charge on any atom is -0.289 e. The molecule has 0 saturated carbocycles. The molecule has 2 heterocycles. The molecule has 2 aliphatic heterocycles. The number of ketones is 1. The third-order valence-corrected chi connectivity index (χ3v) is 9.54. The molecule has 0 fully saturated rings. The van der Waals surface area contributed by atoms with Gasteiger partial charge in [-0.2, -0.15) is 0 Å². The lowest BCUT2D eigenvalue weighted by molar-refractivity contribution is 0.0638. The monoisotopic (exact) mass is 582 g/mol. The van der Waals surface area contributed by atoms with Crippen LogP contribution in [0.3, 0.4) is 0 Å². The van der Waals surface area contributed by atoms with Crippen LogP contribution in [0.1, 0.15) is 107 Å². The van der Waals surface area contributed by atoms with Gasteiger partial charge in [0.05, 0.1) is 28.8 Å². The average Bonchev–Trinajstić information content (AvgIpc) is 3.49. The number of rotatable bonds is 5. The lowest BCUT2D eigenvalue weighted by Crippen LogP contribution is -2.29. The van der Waals surface area contributed by atoms with Gasteiger partial charge in [-0.3, -0.25) is 33.8 Å². The minimum atomic E-state index is -0.469. The molecule has 0 aromatic heterocycles. The first-order valence-electron chi connectivity index (χ1n) is 14.6. The second-order valence-corrected chi connectivity index (χ2v) is 12.9. The molecule has 4 aromatic rings. The molecule has 218 valence electrons. The van der Waals surface area contributed by atoms with Gasteiger partial charge in [0.1, 0.15) is 0 Å². The first-order chi connectivity index (χ1) is 20.9. The maximum absolute atomic E-state index is 13.6. The highest BCUT2D eigenvalue weighted by atomic mass is 16.2. The number of hydrogen-bond acceptors (Lipinski definition) is 5. The van der Waals surface area contributed by atoms with E-state index in [1.54, 1.807) is 0 Å². The zero-order valence-corrected chi connectivity index (χ0v) is 24.9. The molecule has 3 aliphatic rings. The van der Waals surface area contributed by atoms with Crippen LogP contribution < -0.4 is 0 Å². The molecule has 44 heavy (non-hydrogen) atoms. The van der Waals surface area contributed by atoms with Crippen molar-refractivity contribution < 1.29 is 24.0 Å². The third kappa shape index (κ3) is 3.92. The van der Waals surface area contributed by atoms with Crippen LogP contribution in [-0.2, 0) is 17.4 Å². The first kappa shape index (κ1) is 27.7. The van der Waals surface area contributed by atoms with E-state index in [2.05, 4.69) is 57.2 Å². The smallest absolute Gasteiger partial charge is 0.261 e. The van der Waals surface area contributed by atoms with Crippen LogP contribution in [0.25, 0.3) is 0 Å². The second-order valence-electron chi connectivity index (χ2n) is 12.9. The number of benzene rings is 4. The van der Waals surface area contributed by atoms with Crippen molar-refractivity contribution in [3.63, 3.8) is 0 Å². The van der Waals surface area contributed by atoms with Crippen LogP contribution in [0.4, 0.5) is 0 Å². The molecular weight excluding hydrogens is 552 g/mol. The Morgan fingerprint density at radius 2 is 1.23 bits per heavy atom. The summed E-state index contributed by atoms with van der Waals surface area (Å²) in [4.78, 5) is 67.2. The van der Waals surface area contributed by atoms with Crippen LogP contribution in [0.2, 0.25) is 0 Å². The van der Waals surface area contributed by atoms with Gasteiger partial charge in [0.25, 0.3) is 23.6 Å². The Hall–Kier alpha value is -5.17. The number of imide groups is 2. The van der Waals surface area contributed by atoms with Gasteiger partial charge < -0.3 is 0 Å². The summed E-state index contributed by atoms with van der Waals surface area (Å²) in [5.41, 5.74) is 5.70. The number of fused-ring (bicyclic) bond motifs is 3. The Morgan fingerprint density at radius 1 is 0.659 bits per heavy atom. The summed E-state index contributed by atoms with van der Waals surface area (Å²) in [6.45, 7) is 6.90. The Morgan fingerprint density at radius 3 is 1.91 bits per heavy atom. The molecule has 7 rings (SSSR count). The molecule has 0 bridgehead atoms. The van der Waals surface area contributed by atoms with Gasteiger partial charge in [-0.05, 0) is 58.4 Å². The molecule has 4 aromatic carbocycles. The number of nitrogens with zero attached hydrogens (tertiary/aromatic N) is 2. The van der Waals surface area contributed by atoms with Gasteiger partial charge in [-0.25, -0.2) is 0 Å². The fourth-order valence-corrected chi connectivity index (χ4v) is 7.33. The van der Waals surface area contributed by atoms with E-state index in [0.29, 0.717) is 0 Å². The highest BCUT2D eigenvalue weighted by Gasteiger charge is 2.45. The van der Waals surface area contributed by atoms with E-state index in [9.17, 15) is 24.0 Å². The van der Waals surface area contributed by atoms with Crippen LogP contribution >= 0.6 is 0 Å². The number of carbonyl (C=O) groups is 5. The highest BCUT2D eigenvalue weighted by molar-refractivity contribution is 6.24. The van der Waals surface area contributed by atoms with E-state index in [-0.39, 0.29) is 50.8 Å². The van der Waals surface area contributed by atoms with Gasteiger partial charge in [-0.1, -0.05) is 81.4 Å². The van der Waals surface area contributed by atoms with E-state index in [0.717, 1.165) is 22.4 Å². The summed E-state index contributed by atoms with van der Waals surface area (Å²) in [5.74, 6) is -2.16. The summed E-state index contributed by atoms with van der Waals surface area (Å²) >= 11 is 0. The van der Waals surface area contributed by atoms with E-state index in [1.807, 2.05) is 12.1 Å². The lowest BCUT2D eigenvalue weighted by Gasteiger charge is -2.29. The molecule has 0 radical (unpaired) electrons. The molecule has 1 aliphatic carbocycles. The van der Waals surface area contributed by atoms with E-state index in [1.165, 1.54) is 59.5 Å². The molecule has 4 amide bonds. The van der Waals surface area contributed by atoms with E-state index in [4.69, 9.17) is 0 Å². The Bertz CT molecular complexity index is 1990. The summed E-state index contributed by atoms with van der Waals surface area (Å²) in [5, 5.41) is 0. The number of hydrogen-bond donors (Lipinski definition) is 0. The molecule has 7 heteroatoms. The molecule has 0 saturated heterocycles. The average molecular weight is 583 g/mol. The predicted octanol–water partition coefficient (Wildman–Crippen LogP) is 5.93. The molecule has 7 nitrogen and oxygen atoms in total. The van der Waals surface area contributed by atoms with Gasteiger partial charge in [0.15, 0.2) is 5.78 Å². The molecule has 1 unspecified atom stereocenters. The maximum atomic E-state index is 13.6. The summed E-state index contributed by atoms with van der Waals surface area (Å²) in [7, 11) is 1.39. The van der Waals surface area contributed by atoms with Crippen LogP contribution in [-0.4, -0.2) is 46.3 Å². The summed E-state index contributed by atoms with van der Waals surface area (Å²) < 4.78 is 0. The number of carbonyl (C=O) groups excluding carboxylic acids is 5. The summed E-state index contributed by atoms with van der Waals surface area (Å²) in [6, 6.07) is 25.5. The van der Waals surface area contributed by atoms with Crippen LogP contribution in [0.5, 0.6) is 0 Å². The Kier molecular flexibility index (Phi) is 5.92. The van der Waals surface area contributed by atoms with Gasteiger partial charge in [-0.15, -0.1) is 0 Å². The highest BCUT2D eigenvalue weighted by Crippen LogP contribution is 2.52. The second kappa shape index (κ2) is 9.41. The van der Waals surface area contributed by atoms with Gasteiger partial charge in [0, 0.05) is 23.6 Å². The normalized spacial score (nSPS) is 19.8. The van der Waals surface area contributed by atoms with Gasteiger partial charge in [0.2, 0.25) is 0 Å².